The maximum atomic E-state index is 13.6. The van der Waals surface area contributed by atoms with E-state index < -0.39 is 21.5 Å². The number of sulfonamides is 1. The van der Waals surface area contributed by atoms with Gasteiger partial charge in [0.05, 0.1) is 4.90 Å². The molecule has 0 saturated carbocycles. The SMILES string of the molecule is CCC(=O)OCCN1CCN(C(=O)[C@H](CCCNC(=N)N)NS(=O)(=O)c2cccc(C(C)(C)c3ccccc3)c2)CC1. The summed E-state index contributed by atoms with van der Waals surface area (Å²) in [6.07, 6.45) is 1.000. The number of nitrogens with two attached hydrogens (primary N) is 1. The molecule has 12 heteroatoms. The molecule has 42 heavy (non-hydrogen) atoms. The summed E-state index contributed by atoms with van der Waals surface area (Å²) in [6.45, 7) is 9.11. The van der Waals surface area contributed by atoms with E-state index in [-0.39, 0.29) is 29.2 Å². The fourth-order valence-electron chi connectivity index (χ4n) is 4.89. The first-order valence-corrected chi connectivity index (χ1v) is 15.9. The van der Waals surface area contributed by atoms with E-state index in [2.05, 4.69) is 14.9 Å². The summed E-state index contributed by atoms with van der Waals surface area (Å²) in [4.78, 5) is 28.9. The highest BCUT2D eigenvalue weighted by Crippen LogP contribution is 2.32. The average molecular weight is 601 g/mol. The van der Waals surface area contributed by atoms with Crippen molar-refractivity contribution in [2.75, 3.05) is 45.9 Å². The van der Waals surface area contributed by atoms with E-state index in [4.69, 9.17) is 15.9 Å². The zero-order chi connectivity index (χ0) is 30.8. The van der Waals surface area contributed by atoms with Gasteiger partial charge < -0.3 is 20.7 Å². The number of carbonyl (C=O) groups is 2. The van der Waals surface area contributed by atoms with E-state index in [9.17, 15) is 18.0 Å². The Bertz CT molecular complexity index is 1310. The van der Waals surface area contributed by atoms with Crippen LogP contribution in [0.25, 0.3) is 0 Å². The van der Waals surface area contributed by atoms with Crippen molar-refractivity contribution in [3.05, 3.63) is 65.7 Å². The summed E-state index contributed by atoms with van der Waals surface area (Å²) in [7, 11) is -4.04. The molecule has 0 radical (unpaired) electrons. The Hall–Kier alpha value is -3.48. The first-order chi connectivity index (χ1) is 19.9. The van der Waals surface area contributed by atoms with Crippen LogP contribution in [0, 0.1) is 5.41 Å². The number of hydrogen-bond acceptors (Lipinski definition) is 7. The number of benzene rings is 2. The van der Waals surface area contributed by atoms with Crippen LogP contribution in [-0.2, 0) is 29.8 Å². The van der Waals surface area contributed by atoms with Crippen molar-refractivity contribution in [3.63, 3.8) is 0 Å². The number of amides is 1. The number of guanidine groups is 1. The largest absolute Gasteiger partial charge is 0.464 e. The van der Waals surface area contributed by atoms with Crippen molar-refractivity contribution in [1.29, 1.82) is 5.41 Å². The van der Waals surface area contributed by atoms with Crippen LogP contribution in [-0.4, -0.2) is 88.0 Å². The molecule has 0 bridgehead atoms. The van der Waals surface area contributed by atoms with E-state index in [0.717, 1.165) is 11.1 Å². The van der Waals surface area contributed by atoms with Crippen molar-refractivity contribution >= 4 is 27.9 Å². The quantitative estimate of drug-likeness (QED) is 0.111. The number of carbonyl (C=O) groups excluding carboxylic acids is 2. The number of esters is 1. The number of nitrogens with one attached hydrogen (secondary N) is 3. The van der Waals surface area contributed by atoms with E-state index in [1.165, 1.54) is 6.07 Å². The molecule has 1 heterocycles. The molecule has 0 aliphatic carbocycles. The number of piperazine rings is 1. The van der Waals surface area contributed by atoms with Gasteiger partial charge in [0.1, 0.15) is 12.6 Å². The van der Waals surface area contributed by atoms with Gasteiger partial charge in [-0.3, -0.25) is 19.9 Å². The third-order valence-electron chi connectivity index (χ3n) is 7.59. The van der Waals surface area contributed by atoms with Crippen molar-refractivity contribution in [1.82, 2.24) is 19.8 Å². The number of ether oxygens (including phenoxy) is 1. The first-order valence-electron chi connectivity index (χ1n) is 14.4. The molecular weight excluding hydrogens is 556 g/mol. The zero-order valence-electron chi connectivity index (χ0n) is 24.8. The molecule has 0 unspecified atom stereocenters. The van der Waals surface area contributed by atoms with Crippen LogP contribution in [0.2, 0.25) is 0 Å². The van der Waals surface area contributed by atoms with E-state index in [1.807, 2.05) is 50.2 Å². The second-order valence-corrected chi connectivity index (χ2v) is 12.6. The lowest BCUT2D eigenvalue weighted by Gasteiger charge is -2.36. The topological polar surface area (TPSA) is 158 Å². The molecule has 1 atom stereocenters. The van der Waals surface area contributed by atoms with Gasteiger partial charge in [0.15, 0.2) is 5.96 Å². The Balaban J connectivity index is 1.72. The van der Waals surface area contributed by atoms with Crippen LogP contribution < -0.4 is 15.8 Å². The third kappa shape index (κ3) is 9.27. The summed E-state index contributed by atoms with van der Waals surface area (Å²) < 4.78 is 35.1. The fraction of sp³-hybridized carbons (Fsp3) is 0.500. The fourth-order valence-corrected chi connectivity index (χ4v) is 6.16. The normalized spacial score (nSPS) is 15.2. The smallest absolute Gasteiger partial charge is 0.305 e. The van der Waals surface area contributed by atoms with Gasteiger partial charge in [-0.05, 0) is 36.1 Å². The van der Waals surface area contributed by atoms with Gasteiger partial charge in [-0.1, -0.05) is 63.2 Å². The lowest BCUT2D eigenvalue weighted by Crippen LogP contribution is -2.55. The molecule has 1 saturated heterocycles. The van der Waals surface area contributed by atoms with Crippen LogP contribution in [0.3, 0.4) is 0 Å². The Kier molecular flexibility index (Phi) is 11.9. The van der Waals surface area contributed by atoms with Crippen molar-refractivity contribution in [3.8, 4) is 0 Å². The Morgan fingerprint density at radius 3 is 2.36 bits per heavy atom. The minimum atomic E-state index is -4.04. The van der Waals surface area contributed by atoms with E-state index in [0.29, 0.717) is 58.7 Å². The van der Waals surface area contributed by atoms with Crippen molar-refractivity contribution < 1.29 is 22.7 Å². The molecular formula is C30H44N6O5S. The molecule has 2 aromatic rings. The van der Waals surface area contributed by atoms with Gasteiger partial charge in [-0.25, -0.2) is 8.42 Å². The van der Waals surface area contributed by atoms with Gasteiger partial charge in [0, 0.05) is 51.1 Å². The number of nitrogens with zero attached hydrogens (tertiary/aromatic N) is 2. The zero-order valence-corrected chi connectivity index (χ0v) is 25.6. The van der Waals surface area contributed by atoms with Gasteiger partial charge in [-0.15, -0.1) is 0 Å². The van der Waals surface area contributed by atoms with Gasteiger partial charge in [-0.2, -0.15) is 4.72 Å². The molecule has 1 aliphatic rings. The molecule has 1 aliphatic heterocycles. The van der Waals surface area contributed by atoms with Crippen LogP contribution >= 0.6 is 0 Å². The Morgan fingerprint density at radius 2 is 1.71 bits per heavy atom. The standard InChI is InChI=1S/C30H44N6O5S/c1-4-27(37)41-21-20-35-16-18-36(19-17-35)28(38)26(14-9-15-33-29(31)32)34-42(39,40)25-13-8-12-24(22-25)30(2,3)23-10-6-5-7-11-23/h5-8,10-13,22,26,34H,4,9,14-21H2,1-3H3,(H4,31,32,33)/t26-/m0/s1. The lowest BCUT2D eigenvalue weighted by atomic mass is 9.78. The van der Waals surface area contributed by atoms with Crippen LogP contribution in [0.15, 0.2) is 59.5 Å². The maximum absolute atomic E-state index is 13.6. The monoisotopic (exact) mass is 600 g/mol. The van der Waals surface area contributed by atoms with Gasteiger partial charge in [0.2, 0.25) is 15.9 Å². The molecule has 1 amide bonds. The molecule has 0 spiro atoms. The number of rotatable bonds is 14. The summed E-state index contributed by atoms with van der Waals surface area (Å²) in [6, 6.07) is 15.7. The highest BCUT2D eigenvalue weighted by atomic mass is 32.2. The van der Waals surface area contributed by atoms with Gasteiger partial charge >= 0.3 is 5.97 Å². The Morgan fingerprint density at radius 1 is 1.05 bits per heavy atom. The second kappa shape index (κ2) is 15.1. The molecule has 5 N–H and O–H groups in total. The summed E-state index contributed by atoms with van der Waals surface area (Å²) >= 11 is 0. The Labute approximate surface area is 249 Å². The van der Waals surface area contributed by atoms with Crippen LogP contribution in [0.4, 0.5) is 0 Å². The highest BCUT2D eigenvalue weighted by Gasteiger charge is 2.32. The highest BCUT2D eigenvalue weighted by molar-refractivity contribution is 7.89. The molecule has 11 nitrogen and oxygen atoms in total. The van der Waals surface area contributed by atoms with Crippen LogP contribution in [0.5, 0.6) is 0 Å². The third-order valence-corrected chi connectivity index (χ3v) is 9.05. The molecule has 0 aromatic heterocycles. The maximum Gasteiger partial charge on any atom is 0.305 e. The molecule has 2 aromatic carbocycles. The second-order valence-electron chi connectivity index (χ2n) is 10.9. The van der Waals surface area contributed by atoms with Crippen LogP contribution in [0.1, 0.15) is 51.2 Å². The van der Waals surface area contributed by atoms with Gasteiger partial charge in [0.25, 0.3) is 0 Å². The minimum absolute atomic E-state index is 0.0927. The van der Waals surface area contributed by atoms with E-state index >= 15 is 0 Å². The summed E-state index contributed by atoms with van der Waals surface area (Å²) in [5.41, 5.74) is 6.84. The van der Waals surface area contributed by atoms with E-state index in [1.54, 1.807) is 24.0 Å². The molecule has 230 valence electrons. The first kappa shape index (κ1) is 33.0. The lowest BCUT2D eigenvalue weighted by molar-refractivity contribution is -0.143. The molecule has 3 rings (SSSR count). The minimum Gasteiger partial charge on any atom is -0.464 e. The van der Waals surface area contributed by atoms with Crippen molar-refractivity contribution in [2.45, 2.75) is 56.4 Å². The molecule has 1 fully saturated rings. The van der Waals surface area contributed by atoms with Crippen molar-refractivity contribution in [2.24, 2.45) is 5.73 Å². The summed E-state index contributed by atoms with van der Waals surface area (Å²) in [5.74, 6) is -0.719. The summed E-state index contributed by atoms with van der Waals surface area (Å²) in [5, 5.41) is 10.1. The average Bonchev–Trinajstić information content (AvgIpc) is 2.99. The number of hydrogen-bond donors (Lipinski definition) is 4. The predicted octanol–water partition coefficient (Wildman–Crippen LogP) is 2.02. The predicted molar refractivity (Wildman–Crippen MR) is 163 cm³/mol.